The molecular weight excluding hydrogens is 214 g/mol. The molecule has 0 fully saturated rings. The van der Waals surface area contributed by atoms with Gasteiger partial charge in [-0.3, -0.25) is 4.21 Å². The number of nitrogens with one attached hydrogen (secondary N) is 1. The normalized spacial score (nSPS) is 14.5. The van der Waals surface area contributed by atoms with Gasteiger partial charge in [-0.05, 0) is 6.92 Å². The minimum Gasteiger partial charge on any atom is -0.383 e. The standard InChI is InChI=1S/C8H15N5OS/c1-5(15(2)14)4-11-7-3-6(9)12-8(10)13-7/h3,5H,4H2,1-2H3,(H5,9,10,11,12,13). The van der Waals surface area contributed by atoms with Gasteiger partial charge >= 0.3 is 0 Å². The van der Waals surface area contributed by atoms with Crippen LogP contribution in [0.1, 0.15) is 6.92 Å². The van der Waals surface area contributed by atoms with Gasteiger partial charge in [-0.15, -0.1) is 0 Å². The highest BCUT2D eigenvalue weighted by molar-refractivity contribution is 7.84. The average molecular weight is 229 g/mol. The number of hydrogen-bond donors (Lipinski definition) is 3. The van der Waals surface area contributed by atoms with E-state index in [4.69, 9.17) is 11.5 Å². The average Bonchev–Trinajstić information content (AvgIpc) is 2.12. The van der Waals surface area contributed by atoms with Crippen molar-refractivity contribution < 1.29 is 4.21 Å². The zero-order valence-electron chi connectivity index (χ0n) is 8.73. The molecular formula is C8H15N5OS. The number of nitrogens with two attached hydrogens (primary N) is 2. The fourth-order valence-corrected chi connectivity index (χ4v) is 1.26. The number of nitrogens with zero attached hydrogens (tertiary/aromatic N) is 2. The van der Waals surface area contributed by atoms with Gasteiger partial charge in [0.05, 0.1) is 0 Å². The van der Waals surface area contributed by atoms with E-state index in [1.54, 1.807) is 12.3 Å². The van der Waals surface area contributed by atoms with E-state index in [0.29, 0.717) is 18.2 Å². The van der Waals surface area contributed by atoms with Crippen LogP contribution in [0.2, 0.25) is 0 Å². The summed E-state index contributed by atoms with van der Waals surface area (Å²) in [6.45, 7) is 2.44. The van der Waals surface area contributed by atoms with E-state index >= 15 is 0 Å². The smallest absolute Gasteiger partial charge is 0.223 e. The molecule has 1 aromatic rings. The molecule has 6 nitrogen and oxygen atoms in total. The lowest BCUT2D eigenvalue weighted by Crippen LogP contribution is -2.21. The van der Waals surface area contributed by atoms with Gasteiger partial charge < -0.3 is 16.8 Å². The quantitative estimate of drug-likeness (QED) is 0.661. The van der Waals surface area contributed by atoms with Crippen molar-refractivity contribution in [3.8, 4) is 0 Å². The van der Waals surface area contributed by atoms with Crippen molar-refractivity contribution >= 4 is 28.4 Å². The number of rotatable bonds is 4. The fourth-order valence-electron chi connectivity index (χ4n) is 0.942. The molecule has 1 heterocycles. The second kappa shape index (κ2) is 4.92. The molecule has 0 aliphatic heterocycles. The highest BCUT2D eigenvalue weighted by Crippen LogP contribution is 2.09. The fraction of sp³-hybridized carbons (Fsp3) is 0.500. The molecule has 15 heavy (non-hydrogen) atoms. The van der Waals surface area contributed by atoms with Crippen LogP contribution < -0.4 is 16.8 Å². The SMILES string of the molecule is CC(CNc1cc(N)nc(N)n1)S(C)=O. The Morgan fingerprint density at radius 3 is 2.73 bits per heavy atom. The van der Waals surface area contributed by atoms with Crippen molar-refractivity contribution in [2.24, 2.45) is 0 Å². The molecule has 0 amide bonds. The van der Waals surface area contributed by atoms with Crippen LogP contribution in [-0.4, -0.2) is 32.2 Å². The molecule has 0 bridgehead atoms. The summed E-state index contributed by atoms with van der Waals surface area (Å²) in [5, 5.41) is 3.05. The second-order valence-electron chi connectivity index (χ2n) is 3.23. The molecule has 0 saturated carbocycles. The summed E-state index contributed by atoms with van der Waals surface area (Å²) < 4.78 is 11.1. The third kappa shape index (κ3) is 3.70. The van der Waals surface area contributed by atoms with E-state index in [-0.39, 0.29) is 11.2 Å². The van der Waals surface area contributed by atoms with Gasteiger partial charge in [0.2, 0.25) is 5.95 Å². The Bertz CT molecular complexity index is 350. The van der Waals surface area contributed by atoms with Crippen LogP contribution in [0.4, 0.5) is 17.6 Å². The van der Waals surface area contributed by atoms with Crippen molar-refractivity contribution in [3.05, 3.63) is 6.07 Å². The van der Waals surface area contributed by atoms with Crippen molar-refractivity contribution in [1.29, 1.82) is 0 Å². The van der Waals surface area contributed by atoms with Crippen LogP contribution in [-0.2, 0) is 10.8 Å². The van der Waals surface area contributed by atoms with Crippen molar-refractivity contribution in [2.45, 2.75) is 12.2 Å². The largest absolute Gasteiger partial charge is 0.383 e. The predicted octanol–water partition coefficient (Wildman–Crippen LogP) is -0.180. The zero-order chi connectivity index (χ0) is 11.4. The van der Waals surface area contributed by atoms with E-state index in [2.05, 4.69) is 15.3 Å². The lowest BCUT2D eigenvalue weighted by atomic mass is 10.4. The summed E-state index contributed by atoms with van der Waals surface area (Å²) in [4.78, 5) is 7.68. The van der Waals surface area contributed by atoms with Gasteiger partial charge in [-0.2, -0.15) is 9.97 Å². The van der Waals surface area contributed by atoms with E-state index in [1.807, 2.05) is 6.92 Å². The van der Waals surface area contributed by atoms with Gasteiger partial charge in [-0.1, -0.05) is 0 Å². The number of nitrogen functional groups attached to an aromatic ring is 2. The molecule has 7 heteroatoms. The summed E-state index contributed by atoms with van der Waals surface area (Å²) in [7, 11) is -0.863. The first-order chi connectivity index (χ1) is 6.99. The molecule has 5 N–H and O–H groups in total. The maximum absolute atomic E-state index is 11.1. The van der Waals surface area contributed by atoms with Gasteiger partial charge in [0.1, 0.15) is 11.6 Å². The summed E-state index contributed by atoms with van der Waals surface area (Å²) in [5.41, 5.74) is 10.9. The second-order valence-corrected chi connectivity index (χ2v) is 5.03. The van der Waals surface area contributed by atoms with Crippen LogP contribution >= 0.6 is 0 Å². The third-order valence-corrected chi connectivity index (χ3v) is 3.20. The van der Waals surface area contributed by atoms with Crippen LogP contribution in [0.25, 0.3) is 0 Å². The van der Waals surface area contributed by atoms with E-state index in [1.165, 1.54) is 0 Å². The highest BCUT2D eigenvalue weighted by atomic mass is 32.2. The number of hydrogen-bond acceptors (Lipinski definition) is 6. The van der Waals surface area contributed by atoms with Crippen LogP contribution in [0.5, 0.6) is 0 Å². The molecule has 1 aromatic heterocycles. The Labute approximate surface area is 90.9 Å². The van der Waals surface area contributed by atoms with Crippen LogP contribution in [0, 0.1) is 0 Å². The Morgan fingerprint density at radius 1 is 1.53 bits per heavy atom. The molecule has 0 aliphatic carbocycles. The Morgan fingerprint density at radius 2 is 2.20 bits per heavy atom. The Hall–Kier alpha value is -1.37. The summed E-state index contributed by atoms with van der Waals surface area (Å²) >= 11 is 0. The molecule has 84 valence electrons. The molecule has 0 aromatic carbocycles. The predicted molar refractivity (Wildman–Crippen MR) is 62.9 cm³/mol. The highest BCUT2D eigenvalue weighted by Gasteiger charge is 2.06. The lowest BCUT2D eigenvalue weighted by molar-refractivity contribution is 0.679. The molecule has 0 aliphatic rings. The first-order valence-corrected chi connectivity index (χ1v) is 6.07. The van der Waals surface area contributed by atoms with E-state index in [0.717, 1.165) is 0 Å². The maximum Gasteiger partial charge on any atom is 0.223 e. The van der Waals surface area contributed by atoms with E-state index < -0.39 is 10.8 Å². The topological polar surface area (TPSA) is 107 Å². The van der Waals surface area contributed by atoms with Gasteiger partial charge in [0.25, 0.3) is 0 Å². The lowest BCUT2D eigenvalue weighted by Gasteiger charge is -2.10. The van der Waals surface area contributed by atoms with E-state index in [9.17, 15) is 4.21 Å². The van der Waals surface area contributed by atoms with Crippen LogP contribution in [0.15, 0.2) is 6.07 Å². The van der Waals surface area contributed by atoms with Crippen molar-refractivity contribution in [3.63, 3.8) is 0 Å². The van der Waals surface area contributed by atoms with Crippen molar-refractivity contribution in [1.82, 2.24) is 9.97 Å². The molecule has 0 spiro atoms. The minimum absolute atomic E-state index is 0.0439. The monoisotopic (exact) mass is 229 g/mol. The Balaban J connectivity index is 2.61. The van der Waals surface area contributed by atoms with Gasteiger partial charge in [0.15, 0.2) is 0 Å². The maximum atomic E-state index is 11.1. The molecule has 0 radical (unpaired) electrons. The van der Waals surface area contributed by atoms with Crippen LogP contribution in [0.3, 0.4) is 0 Å². The summed E-state index contributed by atoms with van der Waals surface area (Å²) in [5.74, 6) is 0.996. The molecule has 0 saturated heterocycles. The first kappa shape index (κ1) is 11.7. The number of anilines is 3. The summed E-state index contributed by atoms with van der Waals surface area (Å²) in [6, 6.07) is 1.58. The zero-order valence-corrected chi connectivity index (χ0v) is 9.54. The Kier molecular flexibility index (Phi) is 3.84. The first-order valence-electron chi connectivity index (χ1n) is 4.45. The third-order valence-electron chi connectivity index (χ3n) is 1.90. The molecule has 2 atom stereocenters. The van der Waals surface area contributed by atoms with Gasteiger partial charge in [0, 0.05) is 34.9 Å². The molecule has 2 unspecified atom stereocenters. The summed E-state index contributed by atoms with van der Waals surface area (Å²) in [6.07, 6.45) is 1.66. The van der Waals surface area contributed by atoms with Gasteiger partial charge in [-0.25, -0.2) is 0 Å². The molecule has 1 rings (SSSR count). The number of aromatic nitrogens is 2. The minimum atomic E-state index is -0.863. The van der Waals surface area contributed by atoms with Crippen molar-refractivity contribution in [2.75, 3.05) is 29.6 Å².